The van der Waals surface area contributed by atoms with Crippen LogP contribution in [0.2, 0.25) is 0 Å². The second kappa shape index (κ2) is 43.0. The van der Waals surface area contributed by atoms with Crippen LogP contribution in [0.4, 0.5) is 0 Å². The number of aliphatic hydroxyl groups excluding tert-OH is 2. The van der Waals surface area contributed by atoms with Crippen LogP contribution in [-0.2, 0) is 32.7 Å². The van der Waals surface area contributed by atoms with E-state index in [0.717, 1.165) is 57.8 Å². The molecule has 0 aromatic heterocycles. The van der Waals surface area contributed by atoms with Crippen molar-refractivity contribution >= 4 is 19.8 Å². The first-order chi connectivity index (χ1) is 28.2. The minimum atomic E-state index is -4.63. The Labute approximate surface area is 353 Å². The van der Waals surface area contributed by atoms with Crippen LogP contribution >= 0.6 is 7.82 Å². The van der Waals surface area contributed by atoms with Crippen molar-refractivity contribution in [2.75, 3.05) is 26.4 Å². The van der Waals surface area contributed by atoms with Gasteiger partial charge in [0.05, 0.1) is 19.8 Å². The first-order valence-electron chi connectivity index (χ1n) is 23.1. The van der Waals surface area contributed by atoms with Crippen molar-refractivity contribution in [3.8, 4) is 0 Å². The lowest BCUT2D eigenvalue weighted by atomic mass is 10.0. The fourth-order valence-electron chi connectivity index (χ4n) is 6.22. The quantitative estimate of drug-likeness (QED) is 0.0234. The molecule has 338 valence electrons. The lowest BCUT2D eigenvalue weighted by molar-refractivity contribution is -0.161. The molecule has 0 rings (SSSR count). The molecule has 0 aliphatic carbocycles. The van der Waals surface area contributed by atoms with Crippen LogP contribution in [0.1, 0.15) is 200 Å². The predicted octanol–water partition coefficient (Wildman–Crippen LogP) is 12.5. The van der Waals surface area contributed by atoms with Crippen LogP contribution in [0.5, 0.6) is 0 Å². The fraction of sp³-hybridized carbons (Fsp3) is 0.787. The normalized spacial score (nSPS) is 14.2. The summed E-state index contributed by atoms with van der Waals surface area (Å²) >= 11 is 0. The summed E-state index contributed by atoms with van der Waals surface area (Å²) in [6.07, 6.45) is 46.6. The highest BCUT2D eigenvalue weighted by atomic mass is 31.2. The summed E-state index contributed by atoms with van der Waals surface area (Å²) in [7, 11) is -4.63. The van der Waals surface area contributed by atoms with Gasteiger partial charge >= 0.3 is 19.8 Å². The van der Waals surface area contributed by atoms with Gasteiger partial charge in [-0.05, 0) is 51.4 Å². The summed E-state index contributed by atoms with van der Waals surface area (Å²) < 4.78 is 32.7. The molecular weight excluding hydrogens is 755 g/mol. The van der Waals surface area contributed by atoms with Gasteiger partial charge in [0, 0.05) is 12.8 Å². The van der Waals surface area contributed by atoms with Crippen LogP contribution in [-0.4, -0.2) is 65.7 Å². The van der Waals surface area contributed by atoms with Crippen LogP contribution in [0.3, 0.4) is 0 Å². The molecule has 58 heavy (non-hydrogen) atoms. The molecule has 0 aliphatic rings. The summed E-state index contributed by atoms with van der Waals surface area (Å²) in [5.74, 6) is -0.968. The summed E-state index contributed by atoms with van der Waals surface area (Å²) in [5.41, 5.74) is 0. The van der Waals surface area contributed by atoms with Gasteiger partial charge in [0.2, 0.25) is 0 Å². The zero-order valence-electron chi connectivity index (χ0n) is 36.8. The number of esters is 2. The molecule has 3 N–H and O–H groups in total. The van der Waals surface area contributed by atoms with E-state index >= 15 is 0 Å². The van der Waals surface area contributed by atoms with Crippen molar-refractivity contribution in [3.63, 3.8) is 0 Å². The van der Waals surface area contributed by atoms with Crippen molar-refractivity contribution < 1.29 is 47.8 Å². The average molecular weight is 841 g/mol. The largest absolute Gasteiger partial charge is 0.472 e. The lowest BCUT2D eigenvalue weighted by Gasteiger charge is -2.20. The van der Waals surface area contributed by atoms with E-state index in [0.29, 0.717) is 12.8 Å². The number of allylic oxidation sites excluding steroid dienone is 8. The monoisotopic (exact) mass is 841 g/mol. The van der Waals surface area contributed by atoms with Crippen molar-refractivity contribution in [2.24, 2.45) is 0 Å². The number of hydrogen-bond donors (Lipinski definition) is 3. The number of carbonyl (C=O) groups excluding carboxylic acids is 2. The van der Waals surface area contributed by atoms with E-state index in [-0.39, 0.29) is 19.4 Å². The molecule has 1 unspecified atom stereocenters. The Kier molecular flexibility index (Phi) is 41.5. The van der Waals surface area contributed by atoms with Crippen LogP contribution in [0.15, 0.2) is 48.6 Å². The maximum absolute atomic E-state index is 12.6. The van der Waals surface area contributed by atoms with E-state index in [9.17, 15) is 24.2 Å². The van der Waals surface area contributed by atoms with Gasteiger partial charge in [0.15, 0.2) is 6.10 Å². The number of phosphoric ester groups is 1. The molecule has 0 spiro atoms. The number of unbranched alkanes of at least 4 members (excludes halogenated alkanes) is 21. The Morgan fingerprint density at radius 3 is 1.43 bits per heavy atom. The zero-order chi connectivity index (χ0) is 42.6. The van der Waals surface area contributed by atoms with Crippen molar-refractivity contribution in [3.05, 3.63) is 48.6 Å². The summed E-state index contributed by atoms with van der Waals surface area (Å²) in [6, 6.07) is 0. The van der Waals surface area contributed by atoms with E-state index < -0.39 is 51.8 Å². The van der Waals surface area contributed by atoms with E-state index in [1.165, 1.54) is 103 Å². The molecule has 0 heterocycles. The number of carbonyl (C=O) groups is 2. The second-order valence-corrected chi connectivity index (χ2v) is 16.9. The fourth-order valence-corrected chi connectivity index (χ4v) is 7.01. The van der Waals surface area contributed by atoms with Crippen LogP contribution < -0.4 is 0 Å². The number of phosphoric acid groups is 1. The van der Waals surface area contributed by atoms with Crippen molar-refractivity contribution in [2.45, 2.75) is 212 Å². The second-order valence-electron chi connectivity index (χ2n) is 15.4. The molecule has 0 aromatic rings. The Balaban J connectivity index is 4.27. The van der Waals surface area contributed by atoms with E-state index in [2.05, 4.69) is 62.5 Å². The predicted molar refractivity (Wildman–Crippen MR) is 237 cm³/mol. The highest BCUT2D eigenvalue weighted by Gasteiger charge is 2.27. The van der Waals surface area contributed by atoms with Crippen molar-refractivity contribution in [1.82, 2.24) is 0 Å². The van der Waals surface area contributed by atoms with Gasteiger partial charge < -0.3 is 24.6 Å². The van der Waals surface area contributed by atoms with Gasteiger partial charge in [-0.3, -0.25) is 18.6 Å². The Morgan fingerprint density at radius 2 is 0.948 bits per heavy atom. The van der Waals surface area contributed by atoms with Gasteiger partial charge in [-0.2, -0.15) is 0 Å². The highest BCUT2D eigenvalue weighted by Crippen LogP contribution is 2.43. The standard InChI is InChI=1S/C47H85O10P/c1-3-5-7-9-11-13-15-17-19-20-21-22-23-25-27-29-31-33-35-37-39-47(51)57-45(43-56-58(52,53)55-41-44(49)40-48)42-54-46(50)38-36-34-32-30-28-26-24-18-16-14-12-10-8-6-4-2/h6,8,12,14,18,24,28,30,44-45,48-49H,3-5,7,9-11,13,15-17,19-23,25-27,29,31-43H2,1-2H3,(H,52,53)/b8-6+,14-12+,24-18+,30-28+/t44-,45+/m0/s1. The van der Waals surface area contributed by atoms with Crippen LogP contribution in [0, 0.1) is 0 Å². The summed E-state index contributed by atoms with van der Waals surface area (Å²) in [4.78, 5) is 35.0. The van der Waals surface area contributed by atoms with E-state index in [1.807, 2.05) is 0 Å². The Morgan fingerprint density at radius 1 is 0.534 bits per heavy atom. The highest BCUT2D eigenvalue weighted by molar-refractivity contribution is 7.47. The third-order valence-electron chi connectivity index (χ3n) is 9.75. The number of rotatable bonds is 43. The first kappa shape index (κ1) is 55.9. The number of ether oxygens (including phenoxy) is 2. The third-order valence-corrected chi connectivity index (χ3v) is 10.7. The molecular formula is C47H85O10P. The molecule has 10 nitrogen and oxygen atoms in total. The minimum absolute atomic E-state index is 0.177. The number of hydrogen-bond acceptors (Lipinski definition) is 9. The van der Waals surface area contributed by atoms with Gasteiger partial charge in [-0.15, -0.1) is 0 Å². The first-order valence-corrected chi connectivity index (χ1v) is 24.6. The molecule has 11 heteroatoms. The molecule has 0 aromatic carbocycles. The summed E-state index contributed by atoms with van der Waals surface area (Å²) in [6.45, 7) is 2.24. The van der Waals surface area contributed by atoms with Gasteiger partial charge in [0.1, 0.15) is 12.7 Å². The molecule has 0 aliphatic heterocycles. The molecule has 3 atom stereocenters. The number of aliphatic hydroxyl groups is 2. The molecule has 0 saturated heterocycles. The molecule has 0 radical (unpaired) electrons. The minimum Gasteiger partial charge on any atom is -0.462 e. The Hall–Kier alpha value is -2.07. The van der Waals surface area contributed by atoms with Crippen LogP contribution in [0.25, 0.3) is 0 Å². The van der Waals surface area contributed by atoms with E-state index in [1.54, 1.807) is 0 Å². The summed E-state index contributed by atoms with van der Waals surface area (Å²) in [5, 5.41) is 18.3. The zero-order valence-corrected chi connectivity index (χ0v) is 37.6. The molecule has 0 fully saturated rings. The molecule has 0 amide bonds. The van der Waals surface area contributed by atoms with Gasteiger partial charge in [0.25, 0.3) is 0 Å². The molecule has 0 bridgehead atoms. The Bertz CT molecular complexity index is 1110. The topological polar surface area (TPSA) is 149 Å². The molecule has 0 saturated carbocycles. The van der Waals surface area contributed by atoms with Crippen molar-refractivity contribution in [1.29, 1.82) is 0 Å². The average Bonchev–Trinajstić information content (AvgIpc) is 3.21. The SMILES string of the molecule is CC/C=C/C/C=C/C/C=C/C/C=C/CCCCC(=O)OC[C@H](COP(=O)(O)OC[C@@H](O)CO)OC(=O)CCCCCCCCCCCCCCCCCCCCCC. The third kappa shape index (κ3) is 42.1. The lowest BCUT2D eigenvalue weighted by Crippen LogP contribution is -2.29. The van der Waals surface area contributed by atoms with Gasteiger partial charge in [-0.1, -0.05) is 184 Å². The maximum Gasteiger partial charge on any atom is 0.472 e. The maximum atomic E-state index is 12.6. The van der Waals surface area contributed by atoms with E-state index in [4.69, 9.17) is 23.6 Å². The smallest absolute Gasteiger partial charge is 0.462 e. The van der Waals surface area contributed by atoms with Gasteiger partial charge in [-0.25, -0.2) is 4.57 Å².